The molecular formula is C11H15NO4S. The second-order valence-corrected chi connectivity index (χ2v) is 4.98. The summed E-state index contributed by atoms with van der Waals surface area (Å²) in [6, 6.07) is 4.63. The molecule has 0 aromatic heterocycles. The minimum absolute atomic E-state index is 0.00332. The number of ether oxygens (including phenoxy) is 1. The molecule has 0 spiro atoms. The average molecular weight is 257 g/mol. The third-order valence-corrected chi connectivity index (χ3v) is 3.04. The minimum atomic E-state index is -0.448. The van der Waals surface area contributed by atoms with E-state index in [4.69, 9.17) is 9.84 Å². The number of aliphatic hydroxyl groups excluding tert-OH is 1. The highest BCUT2D eigenvalue weighted by molar-refractivity contribution is 8.00. The molecule has 6 heteroatoms. The first-order chi connectivity index (χ1) is 8.06. The highest BCUT2D eigenvalue weighted by atomic mass is 32.2. The number of rotatable bonds is 6. The second-order valence-electron chi connectivity index (χ2n) is 3.46. The Kier molecular flexibility index (Phi) is 5.24. The first kappa shape index (κ1) is 13.8. The fourth-order valence-electron chi connectivity index (χ4n) is 1.25. The van der Waals surface area contributed by atoms with E-state index in [1.807, 2.05) is 13.8 Å². The van der Waals surface area contributed by atoms with Crippen LogP contribution < -0.4 is 4.74 Å². The van der Waals surface area contributed by atoms with E-state index >= 15 is 0 Å². The highest BCUT2D eigenvalue weighted by Gasteiger charge is 2.12. The van der Waals surface area contributed by atoms with E-state index in [0.717, 1.165) is 4.90 Å². The molecule has 5 nitrogen and oxygen atoms in total. The molecule has 0 amide bonds. The van der Waals surface area contributed by atoms with Gasteiger partial charge < -0.3 is 9.84 Å². The summed E-state index contributed by atoms with van der Waals surface area (Å²) in [6.07, 6.45) is 0. The molecule has 1 aromatic carbocycles. The van der Waals surface area contributed by atoms with Gasteiger partial charge in [0.2, 0.25) is 0 Å². The Labute approximate surface area is 104 Å². The second kappa shape index (κ2) is 6.46. The first-order valence-electron chi connectivity index (χ1n) is 5.26. The van der Waals surface area contributed by atoms with Crippen LogP contribution in [-0.4, -0.2) is 28.5 Å². The fourth-order valence-corrected chi connectivity index (χ4v) is 2.16. The summed E-state index contributed by atoms with van der Waals surface area (Å²) in [5.74, 6) is 0.481. The van der Waals surface area contributed by atoms with Crippen LogP contribution in [-0.2, 0) is 0 Å². The average Bonchev–Trinajstić information content (AvgIpc) is 2.29. The van der Waals surface area contributed by atoms with E-state index in [1.54, 1.807) is 6.07 Å². The lowest BCUT2D eigenvalue weighted by Crippen LogP contribution is -2.02. The van der Waals surface area contributed by atoms with Crippen LogP contribution in [0, 0.1) is 10.1 Å². The highest BCUT2D eigenvalue weighted by Crippen LogP contribution is 2.31. The smallest absolute Gasteiger partial charge is 0.274 e. The van der Waals surface area contributed by atoms with E-state index in [9.17, 15) is 10.1 Å². The van der Waals surface area contributed by atoms with Gasteiger partial charge in [-0.2, -0.15) is 0 Å². The van der Waals surface area contributed by atoms with Crippen molar-refractivity contribution in [3.8, 4) is 5.75 Å². The Balaban J connectivity index is 2.99. The Hall–Kier alpha value is -1.27. The Bertz CT molecular complexity index is 397. The molecule has 1 atom stereocenters. The first-order valence-corrected chi connectivity index (χ1v) is 6.14. The Morgan fingerprint density at radius 3 is 2.76 bits per heavy atom. The number of nitrogens with zero attached hydrogens (tertiary/aromatic N) is 1. The van der Waals surface area contributed by atoms with Gasteiger partial charge in [0, 0.05) is 16.2 Å². The molecule has 0 radical (unpaired) electrons. The molecule has 0 saturated heterocycles. The number of benzene rings is 1. The Morgan fingerprint density at radius 2 is 2.24 bits per heavy atom. The molecule has 0 fully saturated rings. The van der Waals surface area contributed by atoms with Crippen LogP contribution in [0.25, 0.3) is 0 Å². The van der Waals surface area contributed by atoms with Gasteiger partial charge in [-0.05, 0) is 13.0 Å². The van der Waals surface area contributed by atoms with E-state index in [1.165, 1.54) is 23.9 Å². The number of aliphatic hydroxyl groups is 1. The van der Waals surface area contributed by atoms with Crippen molar-refractivity contribution in [2.45, 2.75) is 24.0 Å². The van der Waals surface area contributed by atoms with Crippen LogP contribution in [0.2, 0.25) is 0 Å². The van der Waals surface area contributed by atoms with Crippen LogP contribution >= 0.6 is 11.8 Å². The molecule has 0 saturated carbocycles. The number of hydrogen-bond acceptors (Lipinski definition) is 5. The maximum Gasteiger partial charge on any atom is 0.274 e. The molecule has 0 heterocycles. The predicted molar refractivity (Wildman–Crippen MR) is 66.7 cm³/mol. The van der Waals surface area contributed by atoms with Crippen LogP contribution in [0.4, 0.5) is 5.69 Å². The number of thioether (sulfide) groups is 1. The van der Waals surface area contributed by atoms with Crippen molar-refractivity contribution in [1.82, 2.24) is 0 Å². The van der Waals surface area contributed by atoms with Crippen molar-refractivity contribution in [2.75, 3.05) is 13.2 Å². The van der Waals surface area contributed by atoms with E-state index in [2.05, 4.69) is 0 Å². The van der Waals surface area contributed by atoms with Crippen LogP contribution in [0.15, 0.2) is 23.1 Å². The molecule has 1 unspecified atom stereocenters. The number of nitro benzene ring substituents is 1. The topological polar surface area (TPSA) is 72.6 Å². The van der Waals surface area contributed by atoms with E-state index < -0.39 is 4.92 Å². The molecule has 0 aliphatic heterocycles. The third-order valence-electron chi connectivity index (χ3n) is 1.98. The minimum Gasteiger partial charge on any atom is -0.494 e. The van der Waals surface area contributed by atoms with Gasteiger partial charge >= 0.3 is 0 Å². The van der Waals surface area contributed by atoms with Crippen LogP contribution in [0.1, 0.15) is 13.8 Å². The van der Waals surface area contributed by atoms with Gasteiger partial charge in [0.05, 0.1) is 24.2 Å². The van der Waals surface area contributed by atoms with Crippen molar-refractivity contribution in [1.29, 1.82) is 0 Å². The summed E-state index contributed by atoms with van der Waals surface area (Å²) >= 11 is 1.38. The zero-order chi connectivity index (χ0) is 12.8. The lowest BCUT2D eigenvalue weighted by Gasteiger charge is -2.09. The normalized spacial score (nSPS) is 12.2. The third kappa shape index (κ3) is 4.24. The van der Waals surface area contributed by atoms with Gasteiger partial charge in [-0.15, -0.1) is 11.8 Å². The molecule has 1 N–H and O–H groups in total. The maximum atomic E-state index is 10.8. The summed E-state index contributed by atoms with van der Waals surface area (Å²) in [7, 11) is 0. The van der Waals surface area contributed by atoms with Gasteiger partial charge in [0.15, 0.2) is 0 Å². The lowest BCUT2D eigenvalue weighted by atomic mass is 10.3. The SMILES string of the molecule is CCOc1cc(SC(C)CO)cc([N+](=O)[O-])c1. The van der Waals surface area contributed by atoms with Gasteiger partial charge in [-0.1, -0.05) is 6.92 Å². The largest absolute Gasteiger partial charge is 0.494 e. The van der Waals surface area contributed by atoms with Crippen LogP contribution in [0.5, 0.6) is 5.75 Å². The molecule has 17 heavy (non-hydrogen) atoms. The van der Waals surface area contributed by atoms with Crippen molar-refractivity contribution >= 4 is 17.4 Å². The van der Waals surface area contributed by atoms with E-state index in [0.29, 0.717) is 12.4 Å². The Morgan fingerprint density at radius 1 is 1.53 bits per heavy atom. The molecule has 94 valence electrons. The number of non-ortho nitro benzene ring substituents is 1. The zero-order valence-corrected chi connectivity index (χ0v) is 10.6. The molecule has 1 rings (SSSR count). The molecule has 1 aromatic rings. The molecular weight excluding hydrogens is 242 g/mol. The van der Waals surface area contributed by atoms with Gasteiger partial charge in [-0.3, -0.25) is 10.1 Å². The maximum absolute atomic E-state index is 10.8. The number of hydrogen-bond donors (Lipinski definition) is 1. The monoisotopic (exact) mass is 257 g/mol. The zero-order valence-electron chi connectivity index (χ0n) is 9.75. The van der Waals surface area contributed by atoms with Crippen molar-refractivity contribution in [3.05, 3.63) is 28.3 Å². The number of nitro groups is 1. The summed E-state index contributed by atoms with van der Waals surface area (Å²) in [5, 5.41) is 19.7. The van der Waals surface area contributed by atoms with Crippen molar-refractivity contribution in [2.24, 2.45) is 0 Å². The molecule has 0 aliphatic rings. The molecule has 0 bridgehead atoms. The standard InChI is InChI=1S/C11H15NO4S/c1-3-16-10-4-9(12(14)15)5-11(6-10)17-8(2)7-13/h4-6,8,13H,3,7H2,1-2H3. The van der Waals surface area contributed by atoms with Crippen LogP contribution in [0.3, 0.4) is 0 Å². The molecule has 0 aliphatic carbocycles. The quantitative estimate of drug-likeness (QED) is 0.481. The van der Waals surface area contributed by atoms with Crippen molar-refractivity contribution < 1.29 is 14.8 Å². The van der Waals surface area contributed by atoms with E-state index in [-0.39, 0.29) is 17.5 Å². The van der Waals surface area contributed by atoms with Gasteiger partial charge in [-0.25, -0.2) is 0 Å². The fraction of sp³-hybridized carbons (Fsp3) is 0.455. The summed E-state index contributed by atoms with van der Waals surface area (Å²) < 4.78 is 5.27. The van der Waals surface area contributed by atoms with Gasteiger partial charge in [0.1, 0.15) is 5.75 Å². The van der Waals surface area contributed by atoms with Crippen molar-refractivity contribution in [3.63, 3.8) is 0 Å². The summed E-state index contributed by atoms with van der Waals surface area (Å²) in [4.78, 5) is 11.0. The predicted octanol–water partition coefficient (Wildman–Crippen LogP) is 2.47. The summed E-state index contributed by atoms with van der Waals surface area (Å²) in [6.45, 7) is 4.16. The lowest BCUT2D eigenvalue weighted by molar-refractivity contribution is -0.385. The van der Waals surface area contributed by atoms with Gasteiger partial charge in [0.25, 0.3) is 5.69 Å². The summed E-state index contributed by atoms with van der Waals surface area (Å²) in [5.41, 5.74) is 0.00332.